The molecule has 2 rings (SSSR count). The molecule has 1 N–H and O–H groups in total. The fourth-order valence-electron chi connectivity index (χ4n) is 2.23. The van der Waals surface area contributed by atoms with E-state index in [0.29, 0.717) is 0 Å². The Morgan fingerprint density at radius 3 is 2.21 bits per heavy atom. The van der Waals surface area contributed by atoms with E-state index >= 15 is 0 Å². The predicted octanol–water partition coefficient (Wildman–Crippen LogP) is 3.97. The van der Waals surface area contributed by atoms with Gasteiger partial charge >= 0.3 is 0 Å². The number of aryl methyl sites for hydroxylation is 1. The molecule has 0 saturated carbocycles. The number of hydrogen-bond acceptors (Lipinski definition) is 1. The first-order chi connectivity index (χ1) is 9.11. The fraction of sp³-hybridized carbons (Fsp3) is 0.250. The van der Waals surface area contributed by atoms with E-state index in [1.165, 1.54) is 24.3 Å². The Kier molecular flexibility index (Phi) is 4.27. The molecule has 1 unspecified atom stereocenters. The Bertz CT molecular complexity index is 549. The monoisotopic (exact) mass is 261 g/mol. The SMILES string of the molecule is CCNC(c1ccc(F)cc1)c1ccc(F)cc1C. The molecule has 1 atom stereocenters. The molecule has 3 heteroatoms. The molecule has 0 aromatic heterocycles. The van der Waals surface area contributed by atoms with Crippen LogP contribution in [-0.2, 0) is 0 Å². The third kappa shape index (κ3) is 3.18. The summed E-state index contributed by atoms with van der Waals surface area (Å²) in [4.78, 5) is 0. The summed E-state index contributed by atoms with van der Waals surface area (Å²) >= 11 is 0. The van der Waals surface area contributed by atoms with Gasteiger partial charge in [0, 0.05) is 0 Å². The molecular formula is C16H17F2N. The molecular weight excluding hydrogens is 244 g/mol. The van der Waals surface area contributed by atoms with Crippen LogP contribution >= 0.6 is 0 Å². The highest BCUT2D eigenvalue weighted by atomic mass is 19.1. The summed E-state index contributed by atoms with van der Waals surface area (Å²) in [6.07, 6.45) is 0. The van der Waals surface area contributed by atoms with Crippen LogP contribution in [0.2, 0.25) is 0 Å². The number of nitrogens with one attached hydrogen (secondary N) is 1. The first-order valence-corrected chi connectivity index (χ1v) is 6.36. The third-order valence-electron chi connectivity index (χ3n) is 3.15. The lowest BCUT2D eigenvalue weighted by Gasteiger charge is -2.21. The van der Waals surface area contributed by atoms with Crippen LogP contribution < -0.4 is 5.32 Å². The second-order valence-corrected chi connectivity index (χ2v) is 4.54. The van der Waals surface area contributed by atoms with Gasteiger partial charge in [-0.05, 0) is 54.4 Å². The molecule has 100 valence electrons. The minimum Gasteiger partial charge on any atom is -0.307 e. The quantitative estimate of drug-likeness (QED) is 0.878. The summed E-state index contributed by atoms with van der Waals surface area (Å²) in [5.41, 5.74) is 2.86. The highest BCUT2D eigenvalue weighted by Gasteiger charge is 2.15. The maximum atomic E-state index is 13.2. The summed E-state index contributed by atoms with van der Waals surface area (Å²) in [6.45, 7) is 4.67. The van der Waals surface area contributed by atoms with Crippen LogP contribution in [0.1, 0.15) is 29.7 Å². The van der Waals surface area contributed by atoms with Gasteiger partial charge in [0.15, 0.2) is 0 Å². The van der Waals surface area contributed by atoms with Crippen molar-refractivity contribution < 1.29 is 8.78 Å². The van der Waals surface area contributed by atoms with E-state index in [4.69, 9.17) is 0 Å². The Morgan fingerprint density at radius 1 is 1.00 bits per heavy atom. The van der Waals surface area contributed by atoms with Crippen molar-refractivity contribution in [2.75, 3.05) is 6.54 Å². The van der Waals surface area contributed by atoms with Gasteiger partial charge in [0.1, 0.15) is 11.6 Å². The van der Waals surface area contributed by atoms with E-state index in [9.17, 15) is 8.78 Å². The molecule has 0 bridgehead atoms. The zero-order valence-corrected chi connectivity index (χ0v) is 11.1. The van der Waals surface area contributed by atoms with Crippen molar-refractivity contribution in [3.8, 4) is 0 Å². The second-order valence-electron chi connectivity index (χ2n) is 4.54. The van der Waals surface area contributed by atoms with E-state index in [0.717, 1.165) is 23.2 Å². The second kappa shape index (κ2) is 5.93. The van der Waals surface area contributed by atoms with Gasteiger partial charge in [-0.3, -0.25) is 0 Å². The normalized spacial score (nSPS) is 12.4. The molecule has 0 saturated heterocycles. The fourth-order valence-corrected chi connectivity index (χ4v) is 2.23. The molecule has 0 aliphatic rings. The smallest absolute Gasteiger partial charge is 0.123 e. The lowest BCUT2D eigenvalue weighted by molar-refractivity contribution is 0.604. The largest absolute Gasteiger partial charge is 0.307 e. The summed E-state index contributed by atoms with van der Waals surface area (Å²) in [6, 6.07) is 11.1. The van der Waals surface area contributed by atoms with Gasteiger partial charge in [-0.15, -0.1) is 0 Å². The number of benzene rings is 2. The summed E-state index contributed by atoms with van der Waals surface area (Å²) in [5.74, 6) is -0.495. The summed E-state index contributed by atoms with van der Waals surface area (Å²) in [5, 5.41) is 3.35. The van der Waals surface area contributed by atoms with Crippen molar-refractivity contribution in [2.45, 2.75) is 19.9 Å². The Morgan fingerprint density at radius 2 is 1.63 bits per heavy atom. The molecule has 0 aliphatic heterocycles. The van der Waals surface area contributed by atoms with Gasteiger partial charge in [0.05, 0.1) is 6.04 Å². The van der Waals surface area contributed by atoms with Crippen LogP contribution in [0.3, 0.4) is 0 Å². The summed E-state index contributed by atoms with van der Waals surface area (Å²) in [7, 11) is 0. The van der Waals surface area contributed by atoms with Crippen LogP contribution in [-0.4, -0.2) is 6.54 Å². The number of hydrogen-bond donors (Lipinski definition) is 1. The van der Waals surface area contributed by atoms with Crippen molar-refractivity contribution in [3.05, 3.63) is 70.8 Å². The zero-order valence-electron chi connectivity index (χ0n) is 11.1. The molecule has 0 fully saturated rings. The molecule has 2 aromatic rings. The standard InChI is InChI=1S/C16H17F2N/c1-3-19-16(12-4-6-13(17)7-5-12)15-9-8-14(18)10-11(15)2/h4-10,16,19H,3H2,1-2H3. The van der Waals surface area contributed by atoms with Gasteiger partial charge in [-0.2, -0.15) is 0 Å². The first kappa shape index (κ1) is 13.7. The molecule has 1 nitrogen and oxygen atoms in total. The highest BCUT2D eigenvalue weighted by Crippen LogP contribution is 2.25. The van der Waals surface area contributed by atoms with Crippen LogP contribution in [0.15, 0.2) is 42.5 Å². The first-order valence-electron chi connectivity index (χ1n) is 6.36. The van der Waals surface area contributed by atoms with Crippen molar-refractivity contribution in [2.24, 2.45) is 0 Å². The van der Waals surface area contributed by atoms with Gasteiger partial charge in [-0.1, -0.05) is 25.1 Å². The number of rotatable bonds is 4. The maximum Gasteiger partial charge on any atom is 0.123 e. The molecule has 19 heavy (non-hydrogen) atoms. The average molecular weight is 261 g/mol. The Hall–Kier alpha value is -1.74. The number of halogens is 2. The topological polar surface area (TPSA) is 12.0 Å². The van der Waals surface area contributed by atoms with Crippen LogP contribution in [0.4, 0.5) is 8.78 Å². The lowest BCUT2D eigenvalue weighted by atomic mass is 9.95. The minimum absolute atomic E-state index is 0.0498. The Labute approximate surface area is 112 Å². The van der Waals surface area contributed by atoms with Crippen LogP contribution in [0.5, 0.6) is 0 Å². The molecule has 0 aliphatic carbocycles. The van der Waals surface area contributed by atoms with Gasteiger partial charge in [-0.25, -0.2) is 8.78 Å². The highest BCUT2D eigenvalue weighted by molar-refractivity contribution is 5.37. The molecule has 0 spiro atoms. The van der Waals surface area contributed by atoms with Crippen molar-refractivity contribution in [1.29, 1.82) is 0 Å². The van der Waals surface area contributed by atoms with Crippen molar-refractivity contribution in [1.82, 2.24) is 5.32 Å². The van der Waals surface area contributed by atoms with Crippen LogP contribution in [0, 0.1) is 18.6 Å². The van der Waals surface area contributed by atoms with Gasteiger partial charge in [0.25, 0.3) is 0 Å². The average Bonchev–Trinajstić information content (AvgIpc) is 2.38. The lowest BCUT2D eigenvalue weighted by Crippen LogP contribution is -2.22. The van der Waals surface area contributed by atoms with Crippen molar-refractivity contribution in [3.63, 3.8) is 0 Å². The van der Waals surface area contributed by atoms with Gasteiger partial charge < -0.3 is 5.32 Å². The van der Waals surface area contributed by atoms with Crippen molar-refractivity contribution >= 4 is 0 Å². The Balaban J connectivity index is 2.41. The zero-order chi connectivity index (χ0) is 13.8. The van der Waals surface area contributed by atoms with Crippen LogP contribution in [0.25, 0.3) is 0 Å². The summed E-state index contributed by atoms with van der Waals surface area (Å²) < 4.78 is 26.2. The maximum absolute atomic E-state index is 13.2. The molecule has 2 aromatic carbocycles. The minimum atomic E-state index is -0.255. The third-order valence-corrected chi connectivity index (χ3v) is 3.15. The van der Waals surface area contributed by atoms with E-state index in [1.807, 2.05) is 13.8 Å². The molecule has 0 heterocycles. The van der Waals surface area contributed by atoms with E-state index in [-0.39, 0.29) is 17.7 Å². The van der Waals surface area contributed by atoms with E-state index in [2.05, 4.69) is 5.32 Å². The van der Waals surface area contributed by atoms with E-state index in [1.54, 1.807) is 18.2 Å². The molecule has 0 radical (unpaired) electrons. The molecule has 0 amide bonds. The van der Waals surface area contributed by atoms with E-state index < -0.39 is 0 Å². The predicted molar refractivity (Wildman–Crippen MR) is 73.1 cm³/mol. The van der Waals surface area contributed by atoms with Gasteiger partial charge in [0.2, 0.25) is 0 Å².